The minimum absolute atomic E-state index is 0.0385. The number of allylic oxidation sites excluding steroid dienone is 2. The lowest BCUT2D eigenvalue weighted by atomic mass is 9.73. The van der Waals surface area contributed by atoms with Gasteiger partial charge in [-0.1, -0.05) is 83.0 Å². The van der Waals surface area contributed by atoms with Gasteiger partial charge in [-0.25, -0.2) is 0 Å². The summed E-state index contributed by atoms with van der Waals surface area (Å²) in [6, 6.07) is 20.2. The van der Waals surface area contributed by atoms with Crippen LogP contribution in [0.5, 0.6) is 0 Å². The second-order valence-electron chi connectivity index (χ2n) is 13.9. The van der Waals surface area contributed by atoms with E-state index in [1.54, 1.807) is 0 Å². The van der Waals surface area contributed by atoms with E-state index in [2.05, 4.69) is 118 Å². The highest BCUT2D eigenvalue weighted by atomic mass is 14.7. The Balaban J connectivity index is 0.000000384. The average molecular weight is 516 g/mol. The Kier molecular flexibility index (Phi) is 6.57. The molecule has 1 heteroatoms. The number of hydrogen-bond acceptors (Lipinski definition) is 0. The molecule has 0 saturated carbocycles. The van der Waals surface area contributed by atoms with Crippen LogP contribution in [-0.2, 0) is 17.3 Å². The Bertz CT molecular complexity index is 1760. The molecule has 1 aliphatic carbocycles. The van der Waals surface area contributed by atoms with Gasteiger partial charge in [0.2, 0.25) is 0 Å². The fourth-order valence-electron chi connectivity index (χ4n) is 6.57. The van der Waals surface area contributed by atoms with Gasteiger partial charge >= 0.3 is 0 Å². The van der Waals surface area contributed by atoms with Gasteiger partial charge in [-0.2, -0.15) is 0 Å². The average Bonchev–Trinajstić information content (AvgIpc) is 3.27. The highest BCUT2D eigenvalue weighted by Gasteiger charge is 2.30. The standard InChI is InChI=1S/C31H37N.C7H8/c1-16-11-20-12-23-24(13-21(20)17(16)2)29(31(8,9)10)26-15-27-22(18(3)19(4)32-27)14-25(26)28(23)30(5,6)7;1-7-5-3-2-4-6-7/h12-15,32H,11H2,1-10H3;2-6H,1H3. The number of rotatable bonds is 0. The summed E-state index contributed by atoms with van der Waals surface area (Å²) in [6.07, 6.45) is 1.08. The second-order valence-corrected chi connectivity index (χ2v) is 13.9. The van der Waals surface area contributed by atoms with Crippen molar-refractivity contribution in [2.75, 3.05) is 0 Å². The third-order valence-corrected chi connectivity index (χ3v) is 8.71. The van der Waals surface area contributed by atoms with Crippen LogP contribution in [-0.4, -0.2) is 4.98 Å². The molecule has 1 heterocycles. The topological polar surface area (TPSA) is 15.8 Å². The van der Waals surface area contributed by atoms with Crippen molar-refractivity contribution in [3.05, 3.63) is 99.2 Å². The lowest BCUT2D eigenvalue weighted by Gasteiger charge is -2.31. The summed E-state index contributed by atoms with van der Waals surface area (Å²) in [4.78, 5) is 3.65. The quantitative estimate of drug-likeness (QED) is 0.197. The van der Waals surface area contributed by atoms with Crippen LogP contribution in [0.25, 0.3) is 38.0 Å². The Hall–Kier alpha value is -3.32. The first-order valence-corrected chi connectivity index (χ1v) is 14.4. The molecule has 0 bridgehead atoms. The van der Waals surface area contributed by atoms with Gasteiger partial charge in [-0.05, 0) is 131 Å². The monoisotopic (exact) mass is 515 g/mol. The molecule has 0 amide bonds. The molecule has 0 spiro atoms. The molecule has 0 atom stereocenters. The molecule has 0 unspecified atom stereocenters. The Labute approximate surface area is 235 Å². The van der Waals surface area contributed by atoms with Crippen molar-refractivity contribution in [3.63, 3.8) is 0 Å². The first-order chi connectivity index (χ1) is 18.2. The molecule has 0 radical (unpaired) electrons. The summed E-state index contributed by atoms with van der Waals surface area (Å²) in [5.74, 6) is 0. The van der Waals surface area contributed by atoms with Crippen LogP contribution in [0.3, 0.4) is 0 Å². The van der Waals surface area contributed by atoms with Crippen LogP contribution in [0.2, 0.25) is 0 Å². The maximum absolute atomic E-state index is 3.65. The van der Waals surface area contributed by atoms with Gasteiger partial charge in [0.25, 0.3) is 0 Å². The van der Waals surface area contributed by atoms with Crippen LogP contribution >= 0.6 is 0 Å². The lowest BCUT2D eigenvalue weighted by Crippen LogP contribution is -2.18. The number of aromatic nitrogens is 1. The highest BCUT2D eigenvalue weighted by molar-refractivity contribution is 6.12. The highest BCUT2D eigenvalue weighted by Crippen LogP contribution is 2.47. The molecule has 0 saturated heterocycles. The van der Waals surface area contributed by atoms with E-state index < -0.39 is 0 Å². The molecule has 0 fully saturated rings. The van der Waals surface area contributed by atoms with Gasteiger partial charge in [0.1, 0.15) is 0 Å². The number of aryl methyl sites for hydroxylation is 3. The number of hydrogen-bond donors (Lipinski definition) is 1. The van der Waals surface area contributed by atoms with Crippen molar-refractivity contribution >= 4 is 38.0 Å². The third-order valence-electron chi connectivity index (χ3n) is 8.71. The van der Waals surface area contributed by atoms with Gasteiger partial charge in [0.15, 0.2) is 0 Å². The molecule has 202 valence electrons. The summed E-state index contributed by atoms with van der Waals surface area (Å²) >= 11 is 0. The summed E-state index contributed by atoms with van der Waals surface area (Å²) in [5, 5.41) is 7.06. The molecule has 1 nitrogen and oxygen atoms in total. The van der Waals surface area contributed by atoms with Gasteiger partial charge in [-0.3, -0.25) is 0 Å². The molecular weight excluding hydrogens is 470 g/mol. The number of aromatic amines is 1. The maximum Gasteiger partial charge on any atom is 0.0465 e. The van der Waals surface area contributed by atoms with Gasteiger partial charge < -0.3 is 4.98 Å². The number of benzene rings is 4. The molecule has 4 aromatic carbocycles. The van der Waals surface area contributed by atoms with E-state index in [1.165, 1.54) is 82.7 Å². The van der Waals surface area contributed by atoms with E-state index in [0.717, 1.165) is 6.42 Å². The SMILES string of the molecule is CC1=C(C)c2cc3c(C(C)(C)C)c4cc5[nH]c(C)c(C)c5cc4c(C(C)(C)C)c3cc2C1.Cc1ccccc1. The normalized spacial score (nSPS) is 13.8. The van der Waals surface area contributed by atoms with Gasteiger partial charge in [0.05, 0.1) is 0 Å². The van der Waals surface area contributed by atoms with Crippen molar-refractivity contribution in [1.29, 1.82) is 0 Å². The fraction of sp³-hybridized carbons (Fsp3) is 0.368. The smallest absolute Gasteiger partial charge is 0.0465 e. The maximum atomic E-state index is 3.65. The van der Waals surface area contributed by atoms with E-state index >= 15 is 0 Å². The zero-order valence-corrected chi connectivity index (χ0v) is 25.9. The zero-order chi connectivity index (χ0) is 28.4. The molecule has 0 aliphatic heterocycles. The van der Waals surface area contributed by atoms with Crippen molar-refractivity contribution in [1.82, 2.24) is 4.98 Å². The number of H-pyrrole nitrogens is 1. The molecule has 1 N–H and O–H groups in total. The number of fused-ring (bicyclic) bond motifs is 4. The minimum atomic E-state index is 0.0385. The van der Waals surface area contributed by atoms with Crippen LogP contribution in [0.15, 0.2) is 60.2 Å². The lowest BCUT2D eigenvalue weighted by molar-refractivity contribution is 0.593. The summed E-state index contributed by atoms with van der Waals surface area (Å²) in [5.41, 5.74) is 14.2. The predicted molar refractivity (Wildman–Crippen MR) is 173 cm³/mol. The Morgan fingerprint density at radius 1 is 0.615 bits per heavy atom. The van der Waals surface area contributed by atoms with Crippen molar-refractivity contribution in [3.8, 4) is 0 Å². The van der Waals surface area contributed by atoms with E-state index in [1.807, 2.05) is 18.2 Å². The zero-order valence-electron chi connectivity index (χ0n) is 25.9. The van der Waals surface area contributed by atoms with Crippen LogP contribution < -0.4 is 0 Å². The van der Waals surface area contributed by atoms with E-state index in [-0.39, 0.29) is 10.8 Å². The van der Waals surface area contributed by atoms with Crippen LogP contribution in [0, 0.1) is 20.8 Å². The molecule has 6 rings (SSSR count). The van der Waals surface area contributed by atoms with Crippen molar-refractivity contribution in [2.45, 2.75) is 93.4 Å². The Morgan fingerprint density at radius 2 is 1.15 bits per heavy atom. The number of nitrogens with one attached hydrogen (secondary N) is 1. The van der Waals surface area contributed by atoms with E-state index in [4.69, 9.17) is 0 Å². The molecular formula is C38H45N. The molecule has 1 aromatic heterocycles. The summed E-state index contributed by atoms with van der Waals surface area (Å²) < 4.78 is 0. The summed E-state index contributed by atoms with van der Waals surface area (Å²) in [6.45, 7) is 25.3. The summed E-state index contributed by atoms with van der Waals surface area (Å²) in [7, 11) is 0. The van der Waals surface area contributed by atoms with Crippen LogP contribution in [0.1, 0.15) is 94.5 Å². The molecule has 39 heavy (non-hydrogen) atoms. The largest absolute Gasteiger partial charge is 0.358 e. The van der Waals surface area contributed by atoms with Gasteiger partial charge in [-0.15, -0.1) is 0 Å². The van der Waals surface area contributed by atoms with E-state index in [0.29, 0.717) is 0 Å². The fourth-order valence-corrected chi connectivity index (χ4v) is 6.57. The van der Waals surface area contributed by atoms with Crippen molar-refractivity contribution < 1.29 is 0 Å². The first kappa shape index (κ1) is 27.3. The predicted octanol–water partition coefficient (Wildman–Crippen LogP) is 11.0. The van der Waals surface area contributed by atoms with Gasteiger partial charge in [0, 0.05) is 16.6 Å². The van der Waals surface area contributed by atoms with Crippen LogP contribution in [0.4, 0.5) is 0 Å². The minimum Gasteiger partial charge on any atom is -0.358 e. The van der Waals surface area contributed by atoms with Crippen molar-refractivity contribution in [2.24, 2.45) is 0 Å². The molecule has 1 aliphatic rings. The van der Waals surface area contributed by atoms with E-state index in [9.17, 15) is 0 Å². The third kappa shape index (κ3) is 4.71. The molecule has 5 aromatic rings. The first-order valence-electron chi connectivity index (χ1n) is 14.4. The second kappa shape index (κ2) is 9.40. The Morgan fingerprint density at radius 3 is 1.69 bits per heavy atom.